The van der Waals surface area contributed by atoms with Gasteiger partial charge in [-0.3, -0.25) is 0 Å². The molecule has 0 aromatic heterocycles. The number of hydrogen-bond donors (Lipinski definition) is 0. The number of allylic oxidation sites excluding steroid dienone is 5. The average Bonchev–Trinajstić information content (AvgIpc) is 2.82. The molecule has 0 spiro atoms. The summed E-state index contributed by atoms with van der Waals surface area (Å²) in [5.41, 5.74) is 4.38. The van der Waals surface area contributed by atoms with Crippen molar-refractivity contribution in [2.24, 2.45) is 10.8 Å². The van der Waals surface area contributed by atoms with Gasteiger partial charge in [-0.1, -0.05) is 0 Å². The molecule has 0 saturated heterocycles. The Morgan fingerprint density at radius 3 is 2.08 bits per heavy atom. The van der Waals surface area contributed by atoms with E-state index >= 15 is 0 Å². The fourth-order valence-corrected chi connectivity index (χ4v) is 4.06. The molecule has 1 nitrogen and oxygen atoms in total. The van der Waals surface area contributed by atoms with Gasteiger partial charge < -0.3 is 24.8 Å². The molecule has 0 saturated carbocycles. The van der Waals surface area contributed by atoms with E-state index in [1.54, 1.807) is 0 Å². The van der Waals surface area contributed by atoms with Crippen molar-refractivity contribution in [2.45, 2.75) is 66.4 Å². The Hall–Kier alpha value is 0.214. The smallest absolute Gasteiger partial charge is 1.00 e. The van der Waals surface area contributed by atoms with Crippen molar-refractivity contribution in [2.75, 3.05) is 7.11 Å². The molecule has 0 radical (unpaired) electrons. The fraction of sp³-hybridized carbons (Fsp3) is 0.619. The first-order valence-corrected chi connectivity index (χ1v) is 9.36. The molecule has 0 N–H and O–H groups in total. The molecule has 0 aliphatic heterocycles. The minimum absolute atomic E-state index is 0. The number of methoxy groups -OCH3 is 1. The molecular formula is C21H31Cl2OTi. The molecule has 1 atom stereocenters. The van der Waals surface area contributed by atoms with Crippen LogP contribution in [0.25, 0.3) is 0 Å². The van der Waals surface area contributed by atoms with E-state index in [0.717, 1.165) is 19.3 Å². The quantitative estimate of drug-likeness (QED) is 0.581. The van der Waals surface area contributed by atoms with Crippen LogP contribution in [-0.4, -0.2) is 12.7 Å². The zero-order valence-corrected chi connectivity index (χ0v) is 19.7. The van der Waals surface area contributed by atoms with E-state index in [4.69, 9.17) is 4.74 Å². The number of ether oxygens (including phenoxy) is 1. The largest absolute Gasteiger partial charge is 1.00 e. The summed E-state index contributed by atoms with van der Waals surface area (Å²) in [5.74, 6) is 0. The van der Waals surface area contributed by atoms with Crippen molar-refractivity contribution < 1.29 is 50.0 Å². The second-order valence-corrected chi connectivity index (χ2v) is 9.85. The van der Waals surface area contributed by atoms with Gasteiger partial charge in [0.1, 0.15) is 0 Å². The van der Waals surface area contributed by atoms with Crippen LogP contribution in [0.15, 0.2) is 44.9 Å². The van der Waals surface area contributed by atoms with Gasteiger partial charge in [-0.05, 0) is 0 Å². The molecule has 1 unspecified atom stereocenters. The van der Waals surface area contributed by atoms with Gasteiger partial charge in [-0.25, -0.2) is 0 Å². The number of rotatable bonds is 3. The molecule has 25 heavy (non-hydrogen) atoms. The maximum Gasteiger partial charge on any atom is -1.00 e. The number of hydrogen-bond acceptors (Lipinski definition) is 1. The average molecular weight is 418 g/mol. The molecule has 2 rings (SSSR count). The standard InChI is InChI=1S/C21H31O.2ClH.Ti/c1-19(2,3)17-12-13-21(22-7,15-16-10-8-9-11-16)18(14-17)20(4,5)6;;;/h8,10,12,14H,9,13,15H2,1-7H3;2*1H;/q;;;+2/p-2. The molecule has 0 bridgehead atoms. The first-order chi connectivity index (χ1) is 10.5. The summed E-state index contributed by atoms with van der Waals surface area (Å²) < 4.78 is 7.69. The third kappa shape index (κ3) is 5.59. The van der Waals surface area contributed by atoms with Gasteiger partial charge in [-0.15, -0.1) is 0 Å². The molecule has 2 aliphatic carbocycles. The van der Waals surface area contributed by atoms with Crippen LogP contribution in [0.5, 0.6) is 0 Å². The molecule has 4 heteroatoms. The molecule has 0 aromatic carbocycles. The van der Waals surface area contributed by atoms with E-state index in [1.165, 1.54) is 20.6 Å². The first-order valence-electron chi connectivity index (χ1n) is 8.58. The summed E-state index contributed by atoms with van der Waals surface area (Å²) in [6.45, 7) is 13.8. The van der Waals surface area contributed by atoms with Crippen molar-refractivity contribution in [1.82, 2.24) is 0 Å². The van der Waals surface area contributed by atoms with Gasteiger partial charge in [0.2, 0.25) is 0 Å². The molecule has 139 valence electrons. The van der Waals surface area contributed by atoms with E-state index in [2.05, 4.69) is 86.3 Å². The summed E-state index contributed by atoms with van der Waals surface area (Å²) in [6, 6.07) is 0. The monoisotopic (exact) mass is 417 g/mol. The minimum Gasteiger partial charge on any atom is -1.00 e. The Morgan fingerprint density at radius 2 is 1.68 bits per heavy atom. The minimum atomic E-state index is -0.210. The van der Waals surface area contributed by atoms with Crippen molar-refractivity contribution >= 4 is 0 Å². The molecule has 0 aromatic rings. The molecular weight excluding hydrogens is 387 g/mol. The third-order valence-corrected chi connectivity index (χ3v) is 5.83. The SMILES string of the molecule is COC1(CC2=[C]([Ti+2])CC=C2)CC=C(C(C)(C)C)C=C1C(C)(C)C.[Cl-].[Cl-]. The topological polar surface area (TPSA) is 9.23 Å². The summed E-state index contributed by atoms with van der Waals surface area (Å²) in [6.07, 6.45) is 12.4. The van der Waals surface area contributed by atoms with Crippen molar-refractivity contribution in [3.63, 3.8) is 0 Å². The van der Waals surface area contributed by atoms with E-state index < -0.39 is 0 Å². The van der Waals surface area contributed by atoms with Crippen LogP contribution in [0.1, 0.15) is 60.8 Å². The van der Waals surface area contributed by atoms with E-state index in [1.807, 2.05) is 7.11 Å². The fourth-order valence-electron chi connectivity index (χ4n) is 3.61. The van der Waals surface area contributed by atoms with Crippen molar-refractivity contribution in [3.05, 3.63) is 44.9 Å². The number of halogens is 2. The Labute approximate surface area is 178 Å². The normalized spacial score (nSPS) is 23.7. The van der Waals surface area contributed by atoms with Crippen molar-refractivity contribution in [1.29, 1.82) is 0 Å². The zero-order chi connectivity index (χ0) is 17.5. The zero-order valence-electron chi connectivity index (χ0n) is 16.6. The Bertz CT molecular complexity index is 600. The van der Waals surface area contributed by atoms with Crippen LogP contribution in [0.3, 0.4) is 0 Å². The predicted octanol–water partition coefficient (Wildman–Crippen LogP) is -0.121. The van der Waals surface area contributed by atoms with Crippen LogP contribution >= 0.6 is 0 Å². The summed E-state index contributed by atoms with van der Waals surface area (Å²) >= 11 is 2.25. The molecule has 2 aliphatic rings. The second kappa shape index (κ2) is 8.94. The molecule has 0 fully saturated rings. The van der Waals surface area contributed by atoms with Crippen molar-refractivity contribution in [3.8, 4) is 0 Å². The maximum absolute atomic E-state index is 6.21. The van der Waals surface area contributed by atoms with Crippen LogP contribution in [0.2, 0.25) is 0 Å². The third-order valence-electron chi connectivity index (χ3n) is 5.01. The Kier molecular flexibility index (Phi) is 9.01. The molecule has 0 amide bonds. The van der Waals surface area contributed by atoms with Crippen LogP contribution in [0, 0.1) is 10.8 Å². The second-order valence-electron chi connectivity index (χ2n) is 8.91. The maximum atomic E-state index is 6.21. The van der Waals surface area contributed by atoms with Gasteiger partial charge in [0, 0.05) is 0 Å². The van der Waals surface area contributed by atoms with Crippen LogP contribution in [-0.2, 0) is 25.2 Å². The van der Waals surface area contributed by atoms with Crippen LogP contribution < -0.4 is 24.8 Å². The van der Waals surface area contributed by atoms with Gasteiger partial charge in [0.25, 0.3) is 0 Å². The summed E-state index contributed by atoms with van der Waals surface area (Å²) in [4.78, 5) is 0. The predicted molar refractivity (Wildman–Crippen MR) is 94.8 cm³/mol. The Balaban J connectivity index is 0.00000288. The van der Waals surface area contributed by atoms with E-state index in [9.17, 15) is 0 Å². The Morgan fingerprint density at radius 1 is 1.08 bits per heavy atom. The van der Waals surface area contributed by atoms with Gasteiger partial charge in [0.15, 0.2) is 0 Å². The van der Waals surface area contributed by atoms with E-state index in [-0.39, 0.29) is 41.2 Å². The first kappa shape index (κ1) is 25.2. The summed E-state index contributed by atoms with van der Waals surface area (Å²) in [7, 11) is 1.88. The summed E-state index contributed by atoms with van der Waals surface area (Å²) in [5, 5.41) is 0. The van der Waals surface area contributed by atoms with Gasteiger partial charge >= 0.3 is 154 Å². The van der Waals surface area contributed by atoms with Gasteiger partial charge in [-0.2, -0.15) is 0 Å². The van der Waals surface area contributed by atoms with E-state index in [0.29, 0.717) is 0 Å². The van der Waals surface area contributed by atoms with Gasteiger partial charge in [0.05, 0.1) is 0 Å². The molecule has 0 heterocycles. The van der Waals surface area contributed by atoms with Crippen LogP contribution in [0.4, 0.5) is 0 Å².